The number of halogens is 1. The van der Waals surface area contributed by atoms with Gasteiger partial charge in [-0.1, -0.05) is 11.6 Å². The number of methoxy groups -OCH3 is 1. The molecule has 0 N–H and O–H groups in total. The fourth-order valence-electron chi connectivity index (χ4n) is 4.04. The van der Waals surface area contributed by atoms with Crippen LogP contribution in [0.5, 0.6) is 0 Å². The molecule has 2 aromatic rings. The molecule has 1 amide bonds. The summed E-state index contributed by atoms with van der Waals surface area (Å²) in [4.78, 5) is 30.4. The quantitative estimate of drug-likeness (QED) is 0.784. The second-order valence-electron chi connectivity index (χ2n) is 7.50. The van der Waals surface area contributed by atoms with Crippen LogP contribution in [0.2, 0.25) is 5.02 Å². The van der Waals surface area contributed by atoms with Crippen molar-refractivity contribution >= 4 is 23.3 Å². The Kier molecular flexibility index (Phi) is 5.21. The summed E-state index contributed by atoms with van der Waals surface area (Å²) >= 11 is 6.45. The van der Waals surface area contributed by atoms with E-state index < -0.39 is 0 Å². The van der Waals surface area contributed by atoms with Gasteiger partial charge in [-0.25, -0.2) is 9.97 Å². The van der Waals surface area contributed by atoms with Gasteiger partial charge < -0.3 is 14.5 Å². The van der Waals surface area contributed by atoms with Gasteiger partial charge in [0.05, 0.1) is 35.5 Å². The van der Waals surface area contributed by atoms with E-state index in [0.29, 0.717) is 31.3 Å². The first-order chi connectivity index (χ1) is 13.5. The second-order valence-corrected chi connectivity index (χ2v) is 7.88. The van der Waals surface area contributed by atoms with Crippen LogP contribution < -0.4 is 4.90 Å². The van der Waals surface area contributed by atoms with E-state index in [-0.39, 0.29) is 11.8 Å². The standard InChI is InChI=1S/C20H24ClN5O2/c1-12-6-18(23-11-22-12)25-5-4-14(7-25)20(27)26-8-15-13(2)19(21)17(10-28-3)24-16(15)9-26/h6,11,14H,4-5,7-10H2,1-3H3/t14-/m1/s1. The molecule has 4 rings (SSSR count). The number of hydrogen-bond acceptors (Lipinski definition) is 6. The molecule has 28 heavy (non-hydrogen) atoms. The van der Waals surface area contributed by atoms with Gasteiger partial charge in [-0.3, -0.25) is 9.78 Å². The Balaban J connectivity index is 1.47. The summed E-state index contributed by atoms with van der Waals surface area (Å²) in [5.74, 6) is 1.04. The average Bonchev–Trinajstić information content (AvgIpc) is 3.33. The van der Waals surface area contributed by atoms with Crippen LogP contribution in [0, 0.1) is 19.8 Å². The predicted octanol–water partition coefficient (Wildman–Crippen LogP) is 2.66. The molecule has 7 nitrogen and oxygen atoms in total. The SMILES string of the molecule is COCc1nc2c(c(C)c1Cl)CN(C(=O)[C@@H]1CCN(c3cc(C)ncn3)C1)C2. The van der Waals surface area contributed by atoms with E-state index in [1.807, 2.05) is 24.8 Å². The molecule has 2 aliphatic rings. The fourth-order valence-corrected chi connectivity index (χ4v) is 4.25. The summed E-state index contributed by atoms with van der Waals surface area (Å²) < 4.78 is 5.20. The van der Waals surface area contributed by atoms with E-state index in [4.69, 9.17) is 16.3 Å². The molecule has 148 valence electrons. The Morgan fingerprint density at radius 2 is 2.14 bits per heavy atom. The van der Waals surface area contributed by atoms with Gasteiger partial charge in [-0.2, -0.15) is 0 Å². The number of carbonyl (C=O) groups excluding carboxylic acids is 1. The minimum Gasteiger partial charge on any atom is -0.378 e. The number of ether oxygens (including phenoxy) is 1. The van der Waals surface area contributed by atoms with Crippen LogP contribution in [-0.4, -0.2) is 46.0 Å². The van der Waals surface area contributed by atoms with Crippen LogP contribution in [0.3, 0.4) is 0 Å². The maximum Gasteiger partial charge on any atom is 0.228 e. The number of carbonyl (C=O) groups is 1. The molecule has 0 radical (unpaired) electrons. The lowest BCUT2D eigenvalue weighted by molar-refractivity contribution is -0.135. The van der Waals surface area contributed by atoms with Gasteiger partial charge in [0.2, 0.25) is 5.91 Å². The zero-order chi connectivity index (χ0) is 19.8. The third kappa shape index (κ3) is 3.44. The minimum atomic E-state index is -0.0289. The first-order valence-electron chi connectivity index (χ1n) is 9.46. The monoisotopic (exact) mass is 401 g/mol. The molecule has 0 unspecified atom stereocenters. The Bertz CT molecular complexity index is 920. The highest BCUT2D eigenvalue weighted by molar-refractivity contribution is 6.32. The molecule has 4 heterocycles. The molecule has 0 aliphatic carbocycles. The van der Waals surface area contributed by atoms with Crippen LogP contribution in [0.4, 0.5) is 5.82 Å². The number of fused-ring (bicyclic) bond motifs is 1. The zero-order valence-electron chi connectivity index (χ0n) is 16.4. The number of rotatable bonds is 4. The summed E-state index contributed by atoms with van der Waals surface area (Å²) in [6.07, 6.45) is 2.41. The molecule has 0 bridgehead atoms. The number of aryl methyl sites for hydroxylation is 1. The summed E-state index contributed by atoms with van der Waals surface area (Å²) in [6.45, 7) is 6.93. The third-order valence-corrected chi connectivity index (χ3v) is 6.09. The van der Waals surface area contributed by atoms with Gasteiger partial charge in [0.1, 0.15) is 12.1 Å². The van der Waals surface area contributed by atoms with E-state index in [0.717, 1.165) is 47.0 Å². The van der Waals surface area contributed by atoms with E-state index in [1.165, 1.54) is 0 Å². The molecule has 0 saturated carbocycles. The van der Waals surface area contributed by atoms with Crippen molar-refractivity contribution < 1.29 is 9.53 Å². The molecular formula is C20H24ClN5O2. The summed E-state index contributed by atoms with van der Waals surface area (Å²) in [5, 5.41) is 0.640. The Morgan fingerprint density at radius 1 is 1.32 bits per heavy atom. The van der Waals surface area contributed by atoms with Gasteiger partial charge in [0.25, 0.3) is 0 Å². The first-order valence-corrected chi connectivity index (χ1v) is 9.83. The fraction of sp³-hybridized carbons (Fsp3) is 0.500. The highest BCUT2D eigenvalue weighted by Gasteiger charge is 2.35. The Hall–Kier alpha value is -2.25. The van der Waals surface area contributed by atoms with E-state index in [1.54, 1.807) is 13.4 Å². The van der Waals surface area contributed by atoms with Crippen LogP contribution >= 0.6 is 11.6 Å². The molecule has 2 aliphatic heterocycles. The smallest absolute Gasteiger partial charge is 0.228 e. The molecule has 1 saturated heterocycles. The van der Waals surface area contributed by atoms with E-state index >= 15 is 0 Å². The molecule has 0 spiro atoms. The van der Waals surface area contributed by atoms with Crippen molar-refractivity contribution in [1.29, 1.82) is 0 Å². The lowest BCUT2D eigenvalue weighted by Gasteiger charge is -2.21. The summed E-state index contributed by atoms with van der Waals surface area (Å²) in [6, 6.07) is 1.96. The minimum absolute atomic E-state index is 0.0289. The number of aromatic nitrogens is 3. The predicted molar refractivity (Wildman–Crippen MR) is 106 cm³/mol. The lowest BCUT2D eigenvalue weighted by Crippen LogP contribution is -2.34. The first kappa shape index (κ1) is 19.1. The summed E-state index contributed by atoms with van der Waals surface area (Å²) in [7, 11) is 1.63. The van der Waals surface area contributed by atoms with Crippen molar-refractivity contribution in [3.63, 3.8) is 0 Å². The van der Waals surface area contributed by atoms with Crippen molar-refractivity contribution in [2.75, 3.05) is 25.1 Å². The van der Waals surface area contributed by atoms with Gasteiger partial charge in [0, 0.05) is 38.5 Å². The number of amides is 1. The van der Waals surface area contributed by atoms with Gasteiger partial charge >= 0.3 is 0 Å². The number of anilines is 1. The van der Waals surface area contributed by atoms with E-state index in [2.05, 4.69) is 19.9 Å². The average molecular weight is 402 g/mol. The van der Waals surface area contributed by atoms with Gasteiger partial charge in [-0.05, 0) is 31.4 Å². The highest BCUT2D eigenvalue weighted by Crippen LogP contribution is 2.33. The summed E-state index contributed by atoms with van der Waals surface area (Å²) in [5.41, 5.74) is 4.67. The van der Waals surface area contributed by atoms with Crippen molar-refractivity contribution in [1.82, 2.24) is 19.9 Å². The van der Waals surface area contributed by atoms with Crippen LogP contribution in [0.25, 0.3) is 0 Å². The molecule has 8 heteroatoms. The highest BCUT2D eigenvalue weighted by atomic mass is 35.5. The number of pyridine rings is 1. The van der Waals surface area contributed by atoms with Crippen molar-refractivity contribution in [3.05, 3.63) is 45.6 Å². The largest absolute Gasteiger partial charge is 0.378 e. The third-order valence-electron chi connectivity index (χ3n) is 5.59. The normalized spacial score (nSPS) is 18.6. The van der Waals surface area contributed by atoms with Gasteiger partial charge in [0.15, 0.2) is 0 Å². The van der Waals surface area contributed by atoms with Crippen molar-refractivity contribution in [3.8, 4) is 0 Å². The maximum atomic E-state index is 13.1. The Morgan fingerprint density at radius 3 is 2.89 bits per heavy atom. The second kappa shape index (κ2) is 7.64. The van der Waals surface area contributed by atoms with E-state index in [9.17, 15) is 4.79 Å². The topological polar surface area (TPSA) is 71.5 Å². The van der Waals surface area contributed by atoms with Crippen LogP contribution in [0.15, 0.2) is 12.4 Å². The Labute approximate surface area is 169 Å². The lowest BCUT2D eigenvalue weighted by atomic mass is 10.1. The molecule has 1 atom stereocenters. The number of nitrogens with zero attached hydrogens (tertiary/aromatic N) is 5. The molecular weight excluding hydrogens is 378 g/mol. The van der Waals surface area contributed by atoms with Crippen LogP contribution in [-0.2, 0) is 29.2 Å². The molecule has 0 aromatic carbocycles. The van der Waals surface area contributed by atoms with Crippen LogP contribution in [0.1, 0.15) is 34.6 Å². The van der Waals surface area contributed by atoms with Crippen molar-refractivity contribution in [2.24, 2.45) is 5.92 Å². The molecule has 2 aromatic heterocycles. The molecule has 1 fully saturated rings. The van der Waals surface area contributed by atoms with Gasteiger partial charge in [-0.15, -0.1) is 0 Å². The zero-order valence-corrected chi connectivity index (χ0v) is 17.2. The van der Waals surface area contributed by atoms with Crippen molar-refractivity contribution in [2.45, 2.75) is 40.0 Å². The maximum absolute atomic E-state index is 13.1. The number of hydrogen-bond donors (Lipinski definition) is 0.